The van der Waals surface area contributed by atoms with Gasteiger partial charge in [0, 0.05) is 50.4 Å². The van der Waals surface area contributed by atoms with Crippen LogP contribution >= 0.6 is 0 Å². The Morgan fingerprint density at radius 2 is 0.475 bits per heavy atom. The lowest BCUT2D eigenvalue weighted by molar-refractivity contribution is 0.649. The van der Waals surface area contributed by atoms with E-state index in [-0.39, 0.29) is 16.2 Å². The van der Waals surface area contributed by atoms with Gasteiger partial charge in [-0.25, -0.2) is 0 Å². The van der Waals surface area contributed by atoms with E-state index in [9.17, 15) is 0 Å². The van der Waals surface area contributed by atoms with Gasteiger partial charge < -0.3 is 9.80 Å². The molecule has 3 aliphatic carbocycles. The molecule has 8 aromatic carbocycles. The number of para-hydroxylation sites is 4. The third-order valence-electron chi connectivity index (χ3n) is 13.8. The molecule has 2 nitrogen and oxygen atoms in total. The summed E-state index contributed by atoms with van der Waals surface area (Å²) >= 11 is 0. The normalized spacial score (nSPS) is 15.4. The van der Waals surface area contributed by atoms with Crippen molar-refractivity contribution in [2.24, 2.45) is 0 Å². The van der Waals surface area contributed by atoms with Gasteiger partial charge in [0.2, 0.25) is 0 Å². The van der Waals surface area contributed by atoms with Crippen molar-refractivity contribution >= 4 is 34.1 Å². The van der Waals surface area contributed by atoms with Crippen molar-refractivity contribution in [1.29, 1.82) is 0 Å². The van der Waals surface area contributed by atoms with Gasteiger partial charge in [-0.1, -0.05) is 126 Å². The minimum atomic E-state index is -0.177. The van der Waals surface area contributed by atoms with Crippen LogP contribution in [-0.4, -0.2) is 0 Å². The van der Waals surface area contributed by atoms with Crippen molar-refractivity contribution < 1.29 is 0 Å². The summed E-state index contributed by atoms with van der Waals surface area (Å²) in [6.45, 7) is 14.5. The highest BCUT2D eigenvalue weighted by atomic mass is 15.1. The summed E-state index contributed by atoms with van der Waals surface area (Å²) in [6.07, 6.45) is 0. The van der Waals surface area contributed by atoms with Crippen LogP contribution in [0.15, 0.2) is 182 Å². The van der Waals surface area contributed by atoms with E-state index in [1.54, 1.807) is 0 Å². The number of rotatable bonds is 6. The molecule has 0 N–H and O–H groups in total. The third-order valence-corrected chi connectivity index (χ3v) is 13.8. The molecule has 0 atom stereocenters. The van der Waals surface area contributed by atoms with Crippen molar-refractivity contribution in [2.75, 3.05) is 9.80 Å². The summed E-state index contributed by atoms with van der Waals surface area (Å²) in [5, 5.41) is 0. The van der Waals surface area contributed by atoms with Gasteiger partial charge in [-0.2, -0.15) is 0 Å². The molecule has 0 fully saturated rings. The second kappa shape index (κ2) is 12.7. The van der Waals surface area contributed by atoms with Gasteiger partial charge in [0.15, 0.2) is 0 Å². The molecule has 8 aromatic rings. The van der Waals surface area contributed by atoms with Crippen LogP contribution in [0.1, 0.15) is 74.9 Å². The zero-order chi connectivity index (χ0) is 40.3. The van der Waals surface area contributed by atoms with Crippen molar-refractivity contribution in [3.63, 3.8) is 0 Å². The second-order valence-corrected chi connectivity index (χ2v) is 18.2. The van der Waals surface area contributed by atoms with Crippen LogP contribution < -0.4 is 9.80 Å². The van der Waals surface area contributed by atoms with Crippen molar-refractivity contribution in [2.45, 2.75) is 57.8 Å². The number of fused-ring (bicyclic) bond motifs is 9. The molecule has 286 valence electrons. The first-order valence-electron chi connectivity index (χ1n) is 21.0. The van der Waals surface area contributed by atoms with Gasteiger partial charge in [0.25, 0.3) is 0 Å². The first-order chi connectivity index (χ1) is 28.5. The SMILES string of the molecule is CC1(C)c2ccc(N(c3ccccc3)c3ccccc3)cc2-c2cc3c(cc21)-c1cc2c(cc1C3(C)C)-c1cc(N(c3ccccc3)c3ccccc3)ccc1C2(C)C. The van der Waals surface area contributed by atoms with Gasteiger partial charge in [-0.15, -0.1) is 0 Å². The molecule has 11 rings (SSSR count). The Hall–Kier alpha value is -6.64. The smallest absolute Gasteiger partial charge is 0.0468 e. The molecule has 3 aliphatic rings. The molecule has 0 amide bonds. The first kappa shape index (κ1) is 35.5. The summed E-state index contributed by atoms with van der Waals surface area (Å²) in [4.78, 5) is 4.76. The predicted octanol–water partition coefficient (Wildman–Crippen LogP) is 15.5. The number of hydrogen-bond donors (Lipinski definition) is 0. The Bertz CT molecular complexity index is 2660. The maximum atomic E-state index is 2.56. The fourth-order valence-corrected chi connectivity index (χ4v) is 10.7. The average Bonchev–Trinajstić information content (AvgIpc) is 3.72. The summed E-state index contributed by atoms with van der Waals surface area (Å²) < 4.78 is 0. The summed E-state index contributed by atoms with van der Waals surface area (Å²) in [7, 11) is 0. The summed E-state index contributed by atoms with van der Waals surface area (Å²) in [5.74, 6) is 0. The van der Waals surface area contributed by atoms with E-state index in [2.05, 4.69) is 233 Å². The van der Waals surface area contributed by atoms with E-state index in [0.717, 1.165) is 22.7 Å². The van der Waals surface area contributed by atoms with Crippen LogP contribution in [0, 0.1) is 0 Å². The Kier molecular flexibility index (Phi) is 7.63. The number of benzene rings is 8. The van der Waals surface area contributed by atoms with Crippen molar-refractivity contribution in [1.82, 2.24) is 0 Å². The Morgan fingerprint density at radius 1 is 0.237 bits per heavy atom. The molecule has 0 radical (unpaired) electrons. The third kappa shape index (κ3) is 5.18. The molecule has 0 heterocycles. The largest absolute Gasteiger partial charge is 0.310 e. The molecular weight excluding hydrogens is 713 g/mol. The molecule has 0 aliphatic heterocycles. The van der Waals surface area contributed by atoms with Crippen LogP contribution in [-0.2, 0) is 16.2 Å². The minimum absolute atomic E-state index is 0.137. The molecular formula is C57H48N2. The first-order valence-corrected chi connectivity index (χ1v) is 21.0. The van der Waals surface area contributed by atoms with Gasteiger partial charge in [-0.3, -0.25) is 0 Å². The van der Waals surface area contributed by atoms with Crippen LogP contribution in [0.2, 0.25) is 0 Å². The lowest BCUT2D eigenvalue weighted by Gasteiger charge is -2.27. The molecule has 0 bridgehead atoms. The number of hydrogen-bond acceptors (Lipinski definition) is 2. The minimum Gasteiger partial charge on any atom is -0.310 e. The molecule has 0 unspecified atom stereocenters. The highest BCUT2D eigenvalue weighted by Gasteiger charge is 2.45. The molecule has 59 heavy (non-hydrogen) atoms. The Labute approximate surface area is 349 Å². The Morgan fingerprint density at radius 3 is 0.746 bits per heavy atom. The fourth-order valence-electron chi connectivity index (χ4n) is 10.7. The fraction of sp³-hybridized carbons (Fsp3) is 0.158. The standard InChI is InChI=1S/C57H48N2/c1-55(2)49-29-27-41(58(37-19-11-7-12-20-37)38-21-13-8-14-22-38)31-43(49)45-33-53-47(35-51(45)55)48-36-52-46(34-54(48)57(53,5)6)44-32-42(28-30-50(44)56(52,3)4)59(39-23-15-9-16-24-39)40-25-17-10-18-26-40/h7-36H,1-6H3. The molecule has 0 saturated heterocycles. The van der Waals surface area contributed by atoms with Gasteiger partial charge in [0.05, 0.1) is 0 Å². The van der Waals surface area contributed by atoms with E-state index in [1.165, 1.54) is 78.1 Å². The van der Waals surface area contributed by atoms with E-state index in [1.807, 2.05) is 0 Å². The van der Waals surface area contributed by atoms with Crippen LogP contribution in [0.4, 0.5) is 34.1 Å². The van der Waals surface area contributed by atoms with Gasteiger partial charge >= 0.3 is 0 Å². The van der Waals surface area contributed by atoms with Crippen LogP contribution in [0.25, 0.3) is 33.4 Å². The van der Waals surface area contributed by atoms with E-state index < -0.39 is 0 Å². The summed E-state index contributed by atoms with van der Waals surface area (Å²) in [6, 6.07) is 67.4. The van der Waals surface area contributed by atoms with Gasteiger partial charge in [0.1, 0.15) is 0 Å². The van der Waals surface area contributed by atoms with E-state index >= 15 is 0 Å². The highest BCUT2D eigenvalue weighted by Crippen LogP contribution is 2.60. The lowest BCUT2D eigenvalue weighted by Crippen LogP contribution is -2.17. The van der Waals surface area contributed by atoms with Crippen LogP contribution in [0.3, 0.4) is 0 Å². The molecule has 2 heteroatoms. The predicted molar refractivity (Wildman–Crippen MR) is 248 cm³/mol. The zero-order valence-corrected chi connectivity index (χ0v) is 34.7. The molecule has 0 saturated carbocycles. The zero-order valence-electron chi connectivity index (χ0n) is 34.7. The molecule has 0 spiro atoms. The maximum Gasteiger partial charge on any atom is 0.0468 e. The lowest BCUT2D eigenvalue weighted by atomic mass is 9.78. The monoisotopic (exact) mass is 760 g/mol. The van der Waals surface area contributed by atoms with Gasteiger partial charge in [-0.05, 0) is 164 Å². The summed E-state index contributed by atoms with van der Waals surface area (Å²) in [5.41, 5.74) is 23.1. The number of nitrogens with zero attached hydrogens (tertiary/aromatic N) is 2. The maximum absolute atomic E-state index is 2.56. The Balaban J connectivity index is 1.04. The molecule has 0 aromatic heterocycles. The van der Waals surface area contributed by atoms with Crippen molar-refractivity contribution in [3.8, 4) is 33.4 Å². The second-order valence-electron chi connectivity index (χ2n) is 18.2. The van der Waals surface area contributed by atoms with Crippen molar-refractivity contribution in [3.05, 3.63) is 215 Å². The van der Waals surface area contributed by atoms with Crippen LogP contribution in [0.5, 0.6) is 0 Å². The average molecular weight is 761 g/mol. The highest BCUT2D eigenvalue weighted by molar-refractivity contribution is 5.95. The number of anilines is 6. The van der Waals surface area contributed by atoms with E-state index in [4.69, 9.17) is 0 Å². The topological polar surface area (TPSA) is 6.48 Å². The quantitative estimate of drug-likeness (QED) is 0.167. The van der Waals surface area contributed by atoms with E-state index in [0.29, 0.717) is 0 Å².